The fourth-order valence-electron chi connectivity index (χ4n) is 1.42. The van der Waals surface area contributed by atoms with Gasteiger partial charge in [0.25, 0.3) is 0 Å². The van der Waals surface area contributed by atoms with Crippen LogP contribution >= 0.6 is 0 Å². The van der Waals surface area contributed by atoms with Gasteiger partial charge in [0.1, 0.15) is 7.11 Å². The lowest BCUT2D eigenvalue weighted by atomic mass is 9.89. The molecule has 1 aliphatic carbocycles. The molecule has 0 amide bonds. The molecule has 1 fully saturated rings. The molecule has 0 bridgehead atoms. The maximum Gasteiger partial charge on any atom is 0.106 e. The van der Waals surface area contributed by atoms with Crippen LogP contribution in [-0.4, -0.2) is 12.8 Å². The third kappa shape index (κ3) is 1.72. The van der Waals surface area contributed by atoms with Crippen molar-refractivity contribution in [2.75, 3.05) is 7.11 Å². The standard InChI is InChI=1S/C8H15NO/c1-7-5-3-4-6-8(7)9-10-2/h7H,3-6H2,1-2H3/b9-8+/t7-/m0/s1. The highest BCUT2D eigenvalue weighted by molar-refractivity contribution is 5.86. The van der Waals surface area contributed by atoms with Crippen LogP contribution in [-0.2, 0) is 4.84 Å². The van der Waals surface area contributed by atoms with Gasteiger partial charge in [-0.2, -0.15) is 0 Å². The summed E-state index contributed by atoms with van der Waals surface area (Å²) in [6.45, 7) is 2.22. The van der Waals surface area contributed by atoms with Gasteiger partial charge in [0.15, 0.2) is 0 Å². The number of nitrogens with zero attached hydrogens (tertiary/aromatic N) is 1. The zero-order chi connectivity index (χ0) is 7.40. The molecule has 1 atom stereocenters. The van der Waals surface area contributed by atoms with Crippen molar-refractivity contribution in [2.45, 2.75) is 32.6 Å². The molecular formula is C8H15NO. The summed E-state index contributed by atoms with van der Waals surface area (Å²) in [7, 11) is 1.62. The Bertz CT molecular complexity index is 131. The van der Waals surface area contributed by atoms with Crippen LogP contribution in [0, 0.1) is 5.92 Å². The molecule has 0 spiro atoms. The molecular weight excluding hydrogens is 126 g/mol. The summed E-state index contributed by atoms with van der Waals surface area (Å²) in [5, 5.41) is 3.98. The molecule has 1 saturated carbocycles. The number of hydrogen-bond donors (Lipinski definition) is 0. The molecule has 0 unspecified atom stereocenters. The van der Waals surface area contributed by atoms with Gasteiger partial charge in [0, 0.05) is 0 Å². The Morgan fingerprint density at radius 2 is 2.30 bits per heavy atom. The van der Waals surface area contributed by atoms with Crippen molar-refractivity contribution in [3.63, 3.8) is 0 Å². The minimum Gasteiger partial charge on any atom is -0.399 e. The largest absolute Gasteiger partial charge is 0.399 e. The molecule has 0 aromatic carbocycles. The first kappa shape index (κ1) is 7.58. The molecule has 0 heterocycles. The maximum absolute atomic E-state index is 4.74. The van der Waals surface area contributed by atoms with Crippen LogP contribution in [0.2, 0.25) is 0 Å². The second-order valence-corrected chi connectivity index (χ2v) is 2.91. The van der Waals surface area contributed by atoms with Crippen LogP contribution < -0.4 is 0 Å². The van der Waals surface area contributed by atoms with E-state index in [1.165, 1.54) is 25.0 Å². The maximum atomic E-state index is 4.74. The Hall–Kier alpha value is -0.530. The molecule has 1 aliphatic rings. The van der Waals surface area contributed by atoms with E-state index >= 15 is 0 Å². The lowest BCUT2D eigenvalue weighted by Gasteiger charge is -2.18. The molecule has 0 radical (unpaired) electrons. The zero-order valence-corrected chi connectivity index (χ0v) is 6.76. The van der Waals surface area contributed by atoms with Crippen molar-refractivity contribution >= 4 is 5.71 Å². The molecule has 0 N–H and O–H groups in total. The Labute approximate surface area is 62.3 Å². The third-order valence-corrected chi connectivity index (χ3v) is 2.10. The van der Waals surface area contributed by atoms with Crippen LogP contribution in [0.3, 0.4) is 0 Å². The molecule has 10 heavy (non-hydrogen) atoms. The summed E-state index contributed by atoms with van der Waals surface area (Å²) in [5.41, 5.74) is 1.24. The normalized spacial score (nSPS) is 30.6. The molecule has 0 aliphatic heterocycles. The fraction of sp³-hybridized carbons (Fsp3) is 0.875. The van der Waals surface area contributed by atoms with Gasteiger partial charge in [-0.25, -0.2) is 0 Å². The smallest absolute Gasteiger partial charge is 0.106 e. The summed E-state index contributed by atoms with van der Waals surface area (Å²) >= 11 is 0. The van der Waals surface area contributed by atoms with Crippen LogP contribution in [0.4, 0.5) is 0 Å². The highest BCUT2D eigenvalue weighted by atomic mass is 16.6. The van der Waals surface area contributed by atoms with Gasteiger partial charge in [-0.15, -0.1) is 0 Å². The number of rotatable bonds is 1. The molecule has 0 aromatic heterocycles. The first-order chi connectivity index (χ1) is 4.84. The Kier molecular flexibility index (Phi) is 2.72. The van der Waals surface area contributed by atoms with E-state index in [1.54, 1.807) is 7.11 Å². The zero-order valence-electron chi connectivity index (χ0n) is 6.76. The van der Waals surface area contributed by atoms with Gasteiger partial charge in [-0.05, 0) is 25.2 Å². The van der Waals surface area contributed by atoms with E-state index in [1.807, 2.05) is 0 Å². The topological polar surface area (TPSA) is 21.6 Å². The third-order valence-electron chi connectivity index (χ3n) is 2.10. The Morgan fingerprint density at radius 3 is 2.90 bits per heavy atom. The summed E-state index contributed by atoms with van der Waals surface area (Å²) in [4.78, 5) is 4.74. The minimum atomic E-state index is 0.647. The van der Waals surface area contributed by atoms with Gasteiger partial charge in [-0.3, -0.25) is 0 Å². The summed E-state index contributed by atoms with van der Waals surface area (Å²) in [6, 6.07) is 0. The predicted octanol–water partition coefficient (Wildman–Crippen LogP) is 2.20. The Morgan fingerprint density at radius 1 is 1.50 bits per heavy atom. The van der Waals surface area contributed by atoms with Crippen LogP contribution in [0.1, 0.15) is 32.6 Å². The monoisotopic (exact) mass is 141 g/mol. The van der Waals surface area contributed by atoms with E-state index < -0.39 is 0 Å². The molecule has 1 rings (SSSR count). The minimum absolute atomic E-state index is 0.647. The van der Waals surface area contributed by atoms with E-state index in [9.17, 15) is 0 Å². The fourth-order valence-corrected chi connectivity index (χ4v) is 1.42. The predicted molar refractivity (Wildman–Crippen MR) is 42.1 cm³/mol. The molecule has 2 nitrogen and oxygen atoms in total. The molecule has 0 saturated heterocycles. The average molecular weight is 141 g/mol. The van der Waals surface area contributed by atoms with Crippen molar-refractivity contribution in [3.8, 4) is 0 Å². The highest BCUT2D eigenvalue weighted by Gasteiger charge is 2.15. The highest BCUT2D eigenvalue weighted by Crippen LogP contribution is 2.20. The summed E-state index contributed by atoms with van der Waals surface area (Å²) in [6.07, 6.45) is 5.05. The summed E-state index contributed by atoms with van der Waals surface area (Å²) in [5.74, 6) is 0.647. The van der Waals surface area contributed by atoms with Gasteiger partial charge in [0.2, 0.25) is 0 Å². The number of oxime groups is 1. The van der Waals surface area contributed by atoms with Gasteiger partial charge >= 0.3 is 0 Å². The van der Waals surface area contributed by atoms with E-state index in [0.29, 0.717) is 5.92 Å². The second kappa shape index (κ2) is 3.59. The lowest BCUT2D eigenvalue weighted by molar-refractivity contribution is 0.209. The van der Waals surface area contributed by atoms with E-state index in [2.05, 4.69) is 12.1 Å². The molecule has 2 heteroatoms. The van der Waals surface area contributed by atoms with E-state index in [-0.39, 0.29) is 0 Å². The lowest BCUT2D eigenvalue weighted by Crippen LogP contribution is -2.16. The van der Waals surface area contributed by atoms with Crippen molar-refractivity contribution in [1.29, 1.82) is 0 Å². The van der Waals surface area contributed by atoms with Crippen LogP contribution in [0.25, 0.3) is 0 Å². The van der Waals surface area contributed by atoms with Crippen molar-refractivity contribution in [1.82, 2.24) is 0 Å². The van der Waals surface area contributed by atoms with Crippen molar-refractivity contribution in [2.24, 2.45) is 11.1 Å². The number of hydrogen-bond acceptors (Lipinski definition) is 2. The SMILES string of the molecule is CO/N=C1\CCCC[C@@H]1C. The van der Waals surface area contributed by atoms with Crippen molar-refractivity contribution in [3.05, 3.63) is 0 Å². The molecule has 0 aromatic rings. The van der Waals surface area contributed by atoms with Crippen LogP contribution in [0.15, 0.2) is 5.16 Å². The first-order valence-corrected chi connectivity index (χ1v) is 3.94. The quantitative estimate of drug-likeness (QED) is 0.513. The summed E-state index contributed by atoms with van der Waals surface area (Å²) < 4.78 is 0. The van der Waals surface area contributed by atoms with E-state index in [4.69, 9.17) is 4.84 Å². The van der Waals surface area contributed by atoms with Crippen LogP contribution in [0.5, 0.6) is 0 Å². The average Bonchev–Trinajstić information content (AvgIpc) is 1.94. The first-order valence-electron chi connectivity index (χ1n) is 3.94. The van der Waals surface area contributed by atoms with E-state index in [0.717, 1.165) is 6.42 Å². The molecule has 58 valence electrons. The van der Waals surface area contributed by atoms with Gasteiger partial charge in [-0.1, -0.05) is 18.5 Å². The van der Waals surface area contributed by atoms with Gasteiger partial charge < -0.3 is 4.84 Å². The van der Waals surface area contributed by atoms with Crippen molar-refractivity contribution < 1.29 is 4.84 Å². The second-order valence-electron chi connectivity index (χ2n) is 2.91. The van der Waals surface area contributed by atoms with Gasteiger partial charge in [0.05, 0.1) is 5.71 Å². The Balaban J connectivity index is 2.47.